The second-order valence-electron chi connectivity index (χ2n) is 4.87. The number of nitro benzene ring substituents is 1. The minimum atomic E-state index is -0.415. The lowest BCUT2D eigenvalue weighted by molar-refractivity contribution is -0.893. The summed E-state index contributed by atoms with van der Waals surface area (Å²) in [5.74, 6) is 0. The quantitative estimate of drug-likeness (QED) is 0.347. The number of hydrogen-bond donors (Lipinski definition) is 2. The van der Waals surface area contributed by atoms with Crippen molar-refractivity contribution in [2.75, 3.05) is 33.0 Å². The van der Waals surface area contributed by atoms with Crippen LogP contribution < -0.4 is 11.1 Å². The molecule has 0 aromatic heterocycles. The Morgan fingerprint density at radius 1 is 1.35 bits per heavy atom. The first-order valence-electron chi connectivity index (χ1n) is 5.36. The summed E-state index contributed by atoms with van der Waals surface area (Å²) in [4.78, 5) is 10.1. The molecule has 0 heterocycles. The molecule has 0 fully saturated rings. The largest absolute Gasteiger partial charge is 0.378 e. The molecule has 0 saturated carbocycles. The number of nitrogens with zero attached hydrogens (tertiary/aromatic N) is 2. The highest BCUT2D eigenvalue weighted by Crippen LogP contribution is 2.15. The highest BCUT2D eigenvalue weighted by atomic mass is 16.6. The average Bonchev–Trinajstić information content (AvgIpc) is 2.25. The zero-order valence-corrected chi connectivity index (χ0v) is 10.4. The number of likely N-dealkylation sites (N-methyl/N-ethyl adjacent to an activating group) is 1. The SMILES string of the molecule is C[N+](C)(C)C(N)CNc1ccc([N+](=O)[O-])cc1. The normalized spacial score (nSPS) is 13.2. The van der Waals surface area contributed by atoms with E-state index in [2.05, 4.69) is 5.32 Å². The van der Waals surface area contributed by atoms with Crippen LogP contribution in [0.5, 0.6) is 0 Å². The van der Waals surface area contributed by atoms with Gasteiger partial charge in [0.25, 0.3) is 5.69 Å². The Balaban J connectivity index is 2.56. The van der Waals surface area contributed by atoms with Gasteiger partial charge in [0.2, 0.25) is 0 Å². The molecule has 0 spiro atoms. The zero-order valence-electron chi connectivity index (χ0n) is 10.4. The van der Waals surface area contributed by atoms with Gasteiger partial charge in [0.1, 0.15) is 0 Å². The van der Waals surface area contributed by atoms with E-state index in [0.29, 0.717) is 11.0 Å². The third kappa shape index (κ3) is 4.01. The lowest BCUT2D eigenvalue weighted by Crippen LogP contribution is -2.54. The van der Waals surface area contributed by atoms with Crippen molar-refractivity contribution in [2.45, 2.75) is 6.17 Å². The zero-order chi connectivity index (χ0) is 13.1. The van der Waals surface area contributed by atoms with E-state index in [0.717, 1.165) is 5.69 Å². The van der Waals surface area contributed by atoms with Gasteiger partial charge >= 0.3 is 0 Å². The van der Waals surface area contributed by atoms with Crippen molar-refractivity contribution in [3.05, 3.63) is 34.4 Å². The highest BCUT2D eigenvalue weighted by Gasteiger charge is 2.18. The van der Waals surface area contributed by atoms with Crippen LogP contribution >= 0.6 is 0 Å². The van der Waals surface area contributed by atoms with E-state index in [-0.39, 0.29) is 11.9 Å². The average molecular weight is 239 g/mol. The summed E-state index contributed by atoms with van der Waals surface area (Å²) in [7, 11) is 6.05. The Morgan fingerprint density at radius 2 is 1.88 bits per heavy atom. The van der Waals surface area contributed by atoms with Crippen LogP contribution in [0.1, 0.15) is 0 Å². The molecular formula is C11H19N4O2+. The second-order valence-corrected chi connectivity index (χ2v) is 4.87. The number of nitro groups is 1. The number of quaternary nitrogens is 1. The molecule has 0 bridgehead atoms. The maximum atomic E-state index is 10.5. The lowest BCUT2D eigenvalue weighted by Gasteiger charge is -2.31. The van der Waals surface area contributed by atoms with Crippen LogP contribution in [0.2, 0.25) is 0 Å². The Bertz CT molecular complexity index is 383. The molecule has 0 saturated heterocycles. The molecule has 6 nitrogen and oxygen atoms in total. The van der Waals surface area contributed by atoms with Gasteiger partial charge in [-0.05, 0) is 12.1 Å². The van der Waals surface area contributed by atoms with Crippen LogP contribution in [0.3, 0.4) is 0 Å². The first-order chi connectivity index (χ1) is 7.80. The maximum Gasteiger partial charge on any atom is 0.269 e. The molecular weight excluding hydrogens is 220 g/mol. The Morgan fingerprint density at radius 3 is 2.29 bits per heavy atom. The van der Waals surface area contributed by atoms with Crippen molar-refractivity contribution in [3.8, 4) is 0 Å². The predicted octanol–water partition coefficient (Wildman–Crippen LogP) is 0.998. The summed E-state index contributed by atoms with van der Waals surface area (Å²) in [6.07, 6.45) is -0.0369. The van der Waals surface area contributed by atoms with Crippen LogP contribution in [-0.2, 0) is 0 Å². The number of nitrogens with one attached hydrogen (secondary N) is 1. The Labute approximate surface area is 101 Å². The van der Waals surface area contributed by atoms with Gasteiger partial charge in [-0.3, -0.25) is 15.8 Å². The van der Waals surface area contributed by atoms with Crippen LogP contribution in [-0.4, -0.2) is 43.3 Å². The van der Waals surface area contributed by atoms with Gasteiger partial charge in [-0.25, -0.2) is 0 Å². The molecule has 6 heteroatoms. The van der Waals surface area contributed by atoms with E-state index >= 15 is 0 Å². The van der Waals surface area contributed by atoms with Crippen LogP contribution in [0, 0.1) is 10.1 Å². The molecule has 1 rings (SSSR count). The van der Waals surface area contributed by atoms with E-state index in [1.807, 2.05) is 21.1 Å². The first-order valence-corrected chi connectivity index (χ1v) is 5.36. The van der Waals surface area contributed by atoms with E-state index in [9.17, 15) is 10.1 Å². The smallest absolute Gasteiger partial charge is 0.269 e. The van der Waals surface area contributed by atoms with E-state index in [4.69, 9.17) is 5.73 Å². The van der Waals surface area contributed by atoms with Crippen LogP contribution in [0.25, 0.3) is 0 Å². The topological polar surface area (TPSA) is 81.2 Å². The monoisotopic (exact) mass is 239 g/mol. The molecule has 17 heavy (non-hydrogen) atoms. The van der Waals surface area contributed by atoms with E-state index in [1.54, 1.807) is 12.1 Å². The van der Waals surface area contributed by atoms with Crippen molar-refractivity contribution in [1.82, 2.24) is 0 Å². The number of non-ortho nitro benzene ring substituents is 1. The van der Waals surface area contributed by atoms with Gasteiger partial charge in [-0.15, -0.1) is 0 Å². The highest BCUT2D eigenvalue weighted by molar-refractivity contribution is 5.48. The number of anilines is 1. The fourth-order valence-corrected chi connectivity index (χ4v) is 1.20. The molecule has 0 aliphatic rings. The minimum Gasteiger partial charge on any atom is -0.378 e. The number of hydrogen-bond acceptors (Lipinski definition) is 4. The van der Waals surface area contributed by atoms with Gasteiger partial charge in [-0.2, -0.15) is 0 Å². The maximum absolute atomic E-state index is 10.5. The van der Waals surface area contributed by atoms with Gasteiger partial charge in [0.05, 0.1) is 32.6 Å². The van der Waals surface area contributed by atoms with Gasteiger partial charge < -0.3 is 9.80 Å². The van der Waals surface area contributed by atoms with Crippen molar-refractivity contribution < 1.29 is 9.41 Å². The summed E-state index contributed by atoms with van der Waals surface area (Å²) in [6, 6.07) is 6.31. The molecule has 0 radical (unpaired) electrons. The van der Waals surface area contributed by atoms with Crippen molar-refractivity contribution in [1.29, 1.82) is 0 Å². The Kier molecular flexibility index (Phi) is 4.03. The fraction of sp³-hybridized carbons (Fsp3) is 0.455. The van der Waals surface area contributed by atoms with Crippen molar-refractivity contribution in [2.24, 2.45) is 5.73 Å². The molecule has 94 valence electrons. The molecule has 1 aromatic rings. The third-order valence-electron chi connectivity index (χ3n) is 2.59. The molecule has 1 aromatic carbocycles. The summed E-state index contributed by atoms with van der Waals surface area (Å²) in [5.41, 5.74) is 6.90. The number of benzene rings is 1. The molecule has 1 unspecified atom stereocenters. The van der Waals surface area contributed by atoms with Gasteiger partial charge in [-0.1, -0.05) is 0 Å². The molecule has 0 aliphatic heterocycles. The number of nitrogens with two attached hydrogens (primary N) is 1. The molecule has 0 amide bonds. The Hall–Kier alpha value is -1.66. The lowest BCUT2D eigenvalue weighted by atomic mass is 10.3. The third-order valence-corrected chi connectivity index (χ3v) is 2.59. The summed E-state index contributed by atoms with van der Waals surface area (Å²) in [5, 5.41) is 13.6. The standard InChI is InChI=1S/C11H19N4O2/c1-15(2,3)11(12)8-13-9-4-6-10(7-5-9)14(16)17/h4-7,11,13H,8,12H2,1-3H3/q+1. The van der Waals surface area contributed by atoms with Gasteiger partial charge in [0.15, 0.2) is 6.17 Å². The van der Waals surface area contributed by atoms with E-state index in [1.165, 1.54) is 12.1 Å². The fourth-order valence-electron chi connectivity index (χ4n) is 1.20. The van der Waals surface area contributed by atoms with Crippen molar-refractivity contribution in [3.63, 3.8) is 0 Å². The van der Waals surface area contributed by atoms with Crippen molar-refractivity contribution >= 4 is 11.4 Å². The summed E-state index contributed by atoms with van der Waals surface area (Å²) in [6.45, 7) is 0.612. The van der Waals surface area contributed by atoms with Gasteiger partial charge in [0, 0.05) is 17.8 Å². The number of rotatable bonds is 5. The summed E-state index contributed by atoms with van der Waals surface area (Å²) < 4.78 is 0.653. The second kappa shape index (κ2) is 5.11. The molecule has 0 aliphatic carbocycles. The van der Waals surface area contributed by atoms with Crippen LogP contribution in [0.15, 0.2) is 24.3 Å². The molecule has 1 atom stereocenters. The molecule has 3 N–H and O–H groups in total. The van der Waals surface area contributed by atoms with E-state index < -0.39 is 4.92 Å². The predicted molar refractivity (Wildman–Crippen MR) is 67.6 cm³/mol. The first kappa shape index (κ1) is 13.4. The summed E-state index contributed by atoms with van der Waals surface area (Å²) >= 11 is 0. The minimum absolute atomic E-state index is 0.0369. The van der Waals surface area contributed by atoms with Crippen LogP contribution in [0.4, 0.5) is 11.4 Å².